The lowest BCUT2D eigenvalue weighted by Gasteiger charge is -2.22. The van der Waals surface area contributed by atoms with Crippen LogP contribution in [0.5, 0.6) is 0 Å². The Morgan fingerprint density at radius 3 is 2.29 bits per heavy atom. The van der Waals surface area contributed by atoms with Gasteiger partial charge in [0.25, 0.3) is 0 Å². The molecule has 1 rings (SSSR count). The zero-order valence-electron chi connectivity index (χ0n) is 13.1. The molecule has 0 atom stereocenters. The van der Waals surface area contributed by atoms with E-state index in [4.69, 9.17) is 0 Å². The number of carbonyl (C=O) groups excluding carboxylic acids is 1. The van der Waals surface area contributed by atoms with E-state index in [9.17, 15) is 13.2 Å². The number of hydrogen-bond acceptors (Lipinski definition) is 3. The zero-order valence-corrected chi connectivity index (χ0v) is 13.9. The first-order valence-electron chi connectivity index (χ1n) is 7.04. The first-order chi connectivity index (χ1) is 9.70. The van der Waals surface area contributed by atoms with Gasteiger partial charge in [0.15, 0.2) is 0 Å². The van der Waals surface area contributed by atoms with Crippen molar-refractivity contribution in [2.75, 3.05) is 17.1 Å². The maximum Gasteiger partial charge on any atom is 0.232 e. The van der Waals surface area contributed by atoms with Gasteiger partial charge in [0.2, 0.25) is 15.9 Å². The third-order valence-corrected chi connectivity index (χ3v) is 4.13. The SMILES string of the molecule is Cc1ccc(N(CCCC(=O)NC(C)C)S(C)(=O)=O)cc1. The lowest BCUT2D eigenvalue weighted by atomic mass is 10.2. The Hall–Kier alpha value is -1.56. The predicted molar refractivity (Wildman–Crippen MR) is 85.9 cm³/mol. The minimum atomic E-state index is -3.35. The minimum Gasteiger partial charge on any atom is -0.354 e. The normalized spacial score (nSPS) is 11.5. The van der Waals surface area contributed by atoms with Gasteiger partial charge in [-0.2, -0.15) is 0 Å². The first kappa shape index (κ1) is 17.5. The zero-order chi connectivity index (χ0) is 16.0. The van der Waals surface area contributed by atoms with Crippen LogP contribution in [0.3, 0.4) is 0 Å². The molecule has 0 bridgehead atoms. The van der Waals surface area contributed by atoms with Gasteiger partial charge in [-0.15, -0.1) is 0 Å². The number of nitrogens with one attached hydrogen (secondary N) is 1. The number of anilines is 1. The minimum absolute atomic E-state index is 0.0534. The molecular formula is C15H24N2O3S. The van der Waals surface area contributed by atoms with E-state index in [1.165, 1.54) is 10.6 Å². The van der Waals surface area contributed by atoms with Gasteiger partial charge in [-0.1, -0.05) is 17.7 Å². The summed E-state index contributed by atoms with van der Waals surface area (Å²) in [4.78, 5) is 11.6. The average molecular weight is 312 g/mol. The van der Waals surface area contributed by atoms with Crippen molar-refractivity contribution in [1.82, 2.24) is 5.32 Å². The molecule has 0 aromatic heterocycles. The van der Waals surface area contributed by atoms with Crippen LogP contribution >= 0.6 is 0 Å². The molecule has 0 saturated heterocycles. The fraction of sp³-hybridized carbons (Fsp3) is 0.533. The maximum absolute atomic E-state index is 11.9. The van der Waals surface area contributed by atoms with Crippen LogP contribution in [0.15, 0.2) is 24.3 Å². The highest BCUT2D eigenvalue weighted by atomic mass is 32.2. The number of amides is 1. The number of hydrogen-bond donors (Lipinski definition) is 1. The highest BCUT2D eigenvalue weighted by molar-refractivity contribution is 7.92. The highest BCUT2D eigenvalue weighted by Gasteiger charge is 2.17. The predicted octanol–water partition coefficient (Wildman–Crippen LogP) is 2.07. The molecule has 21 heavy (non-hydrogen) atoms. The number of carbonyl (C=O) groups is 1. The van der Waals surface area contributed by atoms with E-state index in [0.717, 1.165) is 5.56 Å². The Morgan fingerprint density at radius 2 is 1.81 bits per heavy atom. The summed E-state index contributed by atoms with van der Waals surface area (Å²) in [6.07, 6.45) is 1.98. The molecule has 0 saturated carbocycles. The van der Waals surface area contributed by atoms with Gasteiger partial charge in [0.1, 0.15) is 0 Å². The summed E-state index contributed by atoms with van der Waals surface area (Å²) in [5.74, 6) is -0.0534. The van der Waals surface area contributed by atoms with Crippen molar-refractivity contribution >= 4 is 21.6 Å². The molecule has 1 N–H and O–H groups in total. The van der Waals surface area contributed by atoms with Crippen LogP contribution in [0.25, 0.3) is 0 Å². The molecule has 5 nitrogen and oxygen atoms in total. The number of aryl methyl sites for hydroxylation is 1. The molecule has 118 valence electrons. The largest absolute Gasteiger partial charge is 0.354 e. The van der Waals surface area contributed by atoms with Crippen LogP contribution in [0, 0.1) is 6.92 Å². The third kappa shape index (κ3) is 6.16. The molecule has 1 aromatic carbocycles. The number of nitrogens with zero attached hydrogens (tertiary/aromatic N) is 1. The molecule has 0 radical (unpaired) electrons. The van der Waals surface area contributed by atoms with E-state index in [2.05, 4.69) is 5.32 Å². The Bertz CT molecular complexity index is 565. The number of benzene rings is 1. The monoisotopic (exact) mass is 312 g/mol. The lowest BCUT2D eigenvalue weighted by Crippen LogP contribution is -2.33. The summed E-state index contributed by atoms with van der Waals surface area (Å²) >= 11 is 0. The third-order valence-electron chi connectivity index (χ3n) is 2.94. The van der Waals surface area contributed by atoms with E-state index in [1.54, 1.807) is 12.1 Å². The molecule has 1 aromatic rings. The first-order valence-corrected chi connectivity index (χ1v) is 8.88. The molecule has 0 spiro atoms. The van der Waals surface area contributed by atoms with Crippen LogP contribution in [-0.4, -0.2) is 33.2 Å². The molecule has 6 heteroatoms. The Kier molecular flexibility index (Phi) is 6.20. The van der Waals surface area contributed by atoms with Crippen molar-refractivity contribution in [3.05, 3.63) is 29.8 Å². The van der Waals surface area contributed by atoms with Crippen molar-refractivity contribution in [3.8, 4) is 0 Å². The Balaban J connectivity index is 2.69. The standard InChI is InChI=1S/C15H24N2O3S/c1-12(2)16-15(18)6-5-11-17(21(4,19)20)14-9-7-13(3)8-10-14/h7-10,12H,5-6,11H2,1-4H3,(H,16,18). The van der Waals surface area contributed by atoms with Gasteiger partial charge in [0.05, 0.1) is 11.9 Å². The molecule has 1 amide bonds. The molecule has 0 aliphatic rings. The number of rotatable bonds is 7. The maximum atomic E-state index is 11.9. The van der Waals surface area contributed by atoms with Crippen LogP contribution < -0.4 is 9.62 Å². The highest BCUT2D eigenvalue weighted by Crippen LogP contribution is 2.18. The summed E-state index contributed by atoms with van der Waals surface area (Å²) in [5, 5.41) is 2.80. The average Bonchev–Trinajstić information content (AvgIpc) is 2.34. The number of sulfonamides is 1. The van der Waals surface area contributed by atoms with Crippen molar-refractivity contribution in [2.45, 2.75) is 39.7 Å². The van der Waals surface area contributed by atoms with Crippen LogP contribution in [0.4, 0.5) is 5.69 Å². The Morgan fingerprint density at radius 1 is 1.24 bits per heavy atom. The molecule has 0 aliphatic carbocycles. The molecule has 0 aliphatic heterocycles. The van der Waals surface area contributed by atoms with E-state index < -0.39 is 10.0 Å². The van der Waals surface area contributed by atoms with E-state index in [-0.39, 0.29) is 11.9 Å². The molecule has 0 heterocycles. The van der Waals surface area contributed by atoms with Gasteiger partial charge in [0, 0.05) is 19.0 Å². The van der Waals surface area contributed by atoms with Crippen molar-refractivity contribution < 1.29 is 13.2 Å². The Labute approximate surface area is 127 Å². The molecule has 0 unspecified atom stereocenters. The van der Waals surface area contributed by atoms with Gasteiger partial charge in [-0.25, -0.2) is 8.42 Å². The van der Waals surface area contributed by atoms with E-state index in [1.807, 2.05) is 32.9 Å². The molecular weight excluding hydrogens is 288 g/mol. The van der Waals surface area contributed by atoms with E-state index in [0.29, 0.717) is 25.1 Å². The smallest absolute Gasteiger partial charge is 0.232 e. The summed E-state index contributed by atoms with van der Waals surface area (Å²) in [5.41, 5.74) is 1.70. The summed E-state index contributed by atoms with van der Waals surface area (Å²) < 4.78 is 25.1. The van der Waals surface area contributed by atoms with Crippen molar-refractivity contribution in [1.29, 1.82) is 0 Å². The topological polar surface area (TPSA) is 66.5 Å². The van der Waals surface area contributed by atoms with Gasteiger partial charge in [-0.05, 0) is 39.3 Å². The van der Waals surface area contributed by atoms with Crippen LogP contribution in [0.1, 0.15) is 32.3 Å². The van der Waals surface area contributed by atoms with E-state index >= 15 is 0 Å². The second-order valence-electron chi connectivity index (χ2n) is 5.50. The second kappa shape index (κ2) is 7.45. The summed E-state index contributed by atoms with van der Waals surface area (Å²) in [7, 11) is -3.35. The summed E-state index contributed by atoms with van der Waals surface area (Å²) in [6.45, 7) is 6.04. The fourth-order valence-electron chi connectivity index (χ4n) is 1.97. The second-order valence-corrected chi connectivity index (χ2v) is 7.40. The fourth-order valence-corrected chi connectivity index (χ4v) is 2.94. The van der Waals surface area contributed by atoms with Gasteiger partial charge >= 0.3 is 0 Å². The van der Waals surface area contributed by atoms with Crippen LogP contribution in [-0.2, 0) is 14.8 Å². The lowest BCUT2D eigenvalue weighted by molar-refractivity contribution is -0.121. The van der Waals surface area contributed by atoms with Gasteiger partial charge < -0.3 is 5.32 Å². The quantitative estimate of drug-likeness (QED) is 0.838. The van der Waals surface area contributed by atoms with Gasteiger partial charge in [-0.3, -0.25) is 9.10 Å². The van der Waals surface area contributed by atoms with Crippen molar-refractivity contribution in [2.24, 2.45) is 0 Å². The van der Waals surface area contributed by atoms with Crippen molar-refractivity contribution in [3.63, 3.8) is 0 Å². The van der Waals surface area contributed by atoms with Crippen LogP contribution in [0.2, 0.25) is 0 Å². The summed E-state index contributed by atoms with van der Waals surface area (Å²) in [6, 6.07) is 7.41. The molecule has 0 fully saturated rings.